The average Bonchev–Trinajstić information content (AvgIpc) is 2.77. The van der Waals surface area contributed by atoms with E-state index in [0.29, 0.717) is 6.61 Å². The molecule has 5 atom stereocenters. The van der Waals surface area contributed by atoms with Crippen molar-refractivity contribution in [2.45, 2.75) is 58.8 Å². The lowest BCUT2D eigenvalue weighted by atomic mass is 9.84. The number of hydrogen-bond donors (Lipinski definition) is 2. The lowest BCUT2D eigenvalue weighted by Gasteiger charge is -2.44. The molecule has 0 saturated carbocycles. The van der Waals surface area contributed by atoms with Gasteiger partial charge < -0.3 is 14.6 Å². The maximum absolute atomic E-state index is 11.0. The van der Waals surface area contributed by atoms with Crippen molar-refractivity contribution in [2.75, 3.05) is 6.61 Å². The van der Waals surface area contributed by atoms with Gasteiger partial charge in [0.1, 0.15) is 0 Å². The summed E-state index contributed by atoms with van der Waals surface area (Å²) in [5.41, 5.74) is 0. The first-order valence-corrected chi connectivity index (χ1v) is 13.2. The van der Waals surface area contributed by atoms with E-state index in [1.807, 2.05) is 32.9 Å². The number of aliphatic hydroxyl groups is 2. The smallest absolute Gasteiger partial charge is 0.261 e. The van der Waals surface area contributed by atoms with Crippen molar-refractivity contribution in [1.29, 1.82) is 0 Å². The Morgan fingerprint density at radius 2 is 1.32 bits per heavy atom. The van der Waals surface area contributed by atoms with Crippen molar-refractivity contribution in [3.63, 3.8) is 0 Å². The van der Waals surface area contributed by atoms with Crippen LogP contribution in [-0.2, 0) is 4.43 Å². The maximum atomic E-state index is 11.0. The molecule has 0 aliphatic heterocycles. The van der Waals surface area contributed by atoms with Gasteiger partial charge >= 0.3 is 0 Å². The third-order valence-corrected chi connectivity index (χ3v) is 11.6. The van der Waals surface area contributed by atoms with Gasteiger partial charge in [-0.2, -0.15) is 0 Å². The van der Waals surface area contributed by atoms with Gasteiger partial charge in [0.2, 0.25) is 0 Å². The van der Waals surface area contributed by atoms with Gasteiger partial charge in [-0.3, -0.25) is 0 Å². The van der Waals surface area contributed by atoms with Crippen molar-refractivity contribution in [2.24, 2.45) is 17.8 Å². The second-order valence-electron chi connectivity index (χ2n) is 9.89. The molecule has 0 radical (unpaired) electrons. The molecule has 3 nitrogen and oxygen atoms in total. The molecule has 2 rings (SSSR count). The van der Waals surface area contributed by atoms with Crippen LogP contribution in [0.2, 0.25) is 5.04 Å². The van der Waals surface area contributed by atoms with Crippen LogP contribution in [0, 0.1) is 17.8 Å². The second-order valence-corrected chi connectivity index (χ2v) is 14.2. The van der Waals surface area contributed by atoms with E-state index in [-0.39, 0.29) is 22.8 Å². The first kappa shape index (κ1) is 25.5. The molecule has 0 aromatic heterocycles. The van der Waals surface area contributed by atoms with Crippen molar-refractivity contribution in [1.82, 2.24) is 0 Å². The van der Waals surface area contributed by atoms with E-state index in [2.05, 4.69) is 75.9 Å². The molecule has 0 amide bonds. The molecule has 0 unspecified atom stereocenters. The second kappa shape index (κ2) is 10.7. The number of benzene rings is 2. The summed E-state index contributed by atoms with van der Waals surface area (Å²) in [6.07, 6.45) is 0.427. The fourth-order valence-corrected chi connectivity index (χ4v) is 9.12. The minimum absolute atomic E-state index is 0.0746. The highest BCUT2D eigenvalue weighted by Crippen LogP contribution is 2.37. The third kappa shape index (κ3) is 5.56. The summed E-state index contributed by atoms with van der Waals surface area (Å²) in [5.74, 6) is -0.469. The van der Waals surface area contributed by atoms with E-state index in [4.69, 9.17) is 4.43 Å². The number of hydrogen-bond acceptors (Lipinski definition) is 3. The highest BCUT2D eigenvalue weighted by molar-refractivity contribution is 6.99. The molecular formula is C27H40O3Si. The molecule has 0 bridgehead atoms. The van der Waals surface area contributed by atoms with Crippen LogP contribution in [0.1, 0.15) is 41.5 Å². The van der Waals surface area contributed by atoms with Gasteiger partial charge in [0.05, 0.1) is 12.2 Å². The Hall–Kier alpha value is -1.72. The van der Waals surface area contributed by atoms with Crippen LogP contribution in [0.4, 0.5) is 0 Å². The van der Waals surface area contributed by atoms with E-state index in [1.54, 1.807) is 6.08 Å². The topological polar surface area (TPSA) is 49.7 Å². The zero-order valence-corrected chi connectivity index (χ0v) is 21.0. The van der Waals surface area contributed by atoms with Crippen molar-refractivity contribution in [3.05, 3.63) is 73.3 Å². The van der Waals surface area contributed by atoms with Crippen molar-refractivity contribution >= 4 is 18.7 Å². The molecule has 2 aromatic carbocycles. The van der Waals surface area contributed by atoms with E-state index in [1.165, 1.54) is 10.4 Å². The van der Waals surface area contributed by atoms with E-state index in [9.17, 15) is 10.2 Å². The van der Waals surface area contributed by atoms with Crippen LogP contribution >= 0.6 is 0 Å². The molecule has 0 aliphatic rings. The number of aliphatic hydroxyl groups excluding tert-OH is 2. The largest absolute Gasteiger partial charge is 0.407 e. The lowest BCUT2D eigenvalue weighted by Crippen LogP contribution is -2.67. The summed E-state index contributed by atoms with van der Waals surface area (Å²) in [6, 6.07) is 21.0. The van der Waals surface area contributed by atoms with Gasteiger partial charge in [0.25, 0.3) is 8.32 Å². The summed E-state index contributed by atoms with van der Waals surface area (Å²) in [4.78, 5) is 0. The molecule has 0 saturated heterocycles. The molecule has 0 heterocycles. The summed E-state index contributed by atoms with van der Waals surface area (Å²) in [7, 11) is -2.64. The summed E-state index contributed by atoms with van der Waals surface area (Å²) in [5, 5.41) is 23.9. The van der Waals surface area contributed by atoms with Crippen LogP contribution in [0.25, 0.3) is 0 Å². The maximum Gasteiger partial charge on any atom is 0.261 e. The zero-order chi connectivity index (χ0) is 23.2. The highest BCUT2D eigenvalue weighted by Gasteiger charge is 2.50. The Morgan fingerprint density at radius 3 is 1.71 bits per heavy atom. The van der Waals surface area contributed by atoms with Crippen LogP contribution in [0.3, 0.4) is 0 Å². The quantitative estimate of drug-likeness (QED) is 0.426. The highest BCUT2D eigenvalue weighted by atomic mass is 28.4. The Balaban J connectivity index is 2.38. The van der Waals surface area contributed by atoms with Crippen LogP contribution in [0.5, 0.6) is 0 Å². The van der Waals surface area contributed by atoms with E-state index >= 15 is 0 Å². The SMILES string of the molecule is C=C[C@H](C)[C@@H](O)[C@@H](C)[C@H](O)[C@H](C)CO[Si](c1ccccc1)(c1ccccc1)C(C)(C)C. The Morgan fingerprint density at radius 1 is 0.871 bits per heavy atom. The standard InChI is InChI=1S/C27H40O3Si/c1-8-20(2)25(28)22(4)26(29)21(3)19-30-31(27(5,6)7,23-15-11-9-12-16-23)24-17-13-10-14-18-24/h8-18,20-22,25-26,28-29H,1,19H2,2-7H3/t20-,21+,22+,25+,26+/m0/s1. The van der Waals surface area contributed by atoms with Gasteiger partial charge in [-0.25, -0.2) is 0 Å². The monoisotopic (exact) mass is 440 g/mol. The summed E-state index contributed by atoms with van der Waals surface area (Å²) in [6.45, 7) is 16.8. The first-order valence-electron chi connectivity index (χ1n) is 11.3. The van der Waals surface area contributed by atoms with Crippen LogP contribution in [0.15, 0.2) is 73.3 Å². The molecule has 2 N–H and O–H groups in total. The molecule has 0 fully saturated rings. The normalized spacial score (nSPS) is 17.4. The van der Waals surface area contributed by atoms with Crippen molar-refractivity contribution < 1.29 is 14.6 Å². The van der Waals surface area contributed by atoms with Gasteiger partial charge in [-0.05, 0) is 15.4 Å². The van der Waals surface area contributed by atoms with Gasteiger partial charge in [0.15, 0.2) is 0 Å². The fourth-order valence-electron chi connectivity index (χ4n) is 4.46. The molecule has 170 valence electrons. The molecule has 4 heteroatoms. The van der Waals surface area contributed by atoms with Crippen LogP contribution in [-0.4, -0.2) is 37.3 Å². The molecular weight excluding hydrogens is 400 g/mol. The number of rotatable bonds is 10. The minimum atomic E-state index is -2.64. The summed E-state index contributed by atoms with van der Waals surface area (Å²) >= 11 is 0. The average molecular weight is 441 g/mol. The zero-order valence-electron chi connectivity index (χ0n) is 20.0. The Labute approximate surface area is 189 Å². The summed E-state index contributed by atoms with van der Waals surface area (Å²) < 4.78 is 6.94. The third-order valence-electron chi connectivity index (χ3n) is 6.55. The molecule has 31 heavy (non-hydrogen) atoms. The minimum Gasteiger partial charge on any atom is -0.407 e. The van der Waals surface area contributed by atoms with Gasteiger partial charge in [-0.1, -0.05) is 108 Å². The molecule has 2 aromatic rings. The lowest BCUT2D eigenvalue weighted by molar-refractivity contribution is -0.0296. The Kier molecular flexibility index (Phi) is 8.84. The molecule has 0 spiro atoms. The Bertz CT molecular complexity index is 761. The van der Waals surface area contributed by atoms with E-state index < -0.39 is 20.5 Å². The van der Waals surface area contributed by atoms with Gasteiger partial charge in [-0.15, -0.1) is 6.58 Å². The molecule has 0 aliphatic carbocycles. The van der Waals surface area contributed by atoms with E-state index in [0.717, 1.165) is 0 Å². The van der Waals surface area contributed by atoms with Gasteiger partial charge in [0, 0.05) is 24.4 Å². The van der Waals surface area contributed by atoms with Crippen molar-refractivity contribution in [3.8, 4) is 0 Å². The predicted octanol–water partition coefficient (Wildman–Crippen LogP) is 4.38. The fraction of sp³-hybridized carbons (Fsp3) is 0.481. The first-order chi connectivity index (χ1) is 14.6. The predicted molar refractivity (Wildman–Crippen MR) is 133 cm³/mol. The van der Waals surface area contributed by atoms with Crippen LogP contribution < -0.4 is 10.4 Å².